The van der Waals surface area contributed by atoms with Gasteiger partial charge in [0, 0.05) is 11.6 Å². The summed E-state index contributed by atoms with van der Waals surface area (Å²) >= 11 is 0. The van der Waals surface area contributed by atoms with Gasteiger partial charge in [-0.1, -0.05) is 12.1 Å². The largest absolute Gasteiger partial charge is 0.496 e. The van der Waals surface area contributed by atoms with Crippen LogP contribution in [0.1, 0.15) is 11.1 Å². The number of allylic oxidation sites excluding steroid dienone is 1. The third-order valence-corrected chi connectivity index (χ3v) is 3.31. The monoisotopic (exact) mass is 313 g/mol. The molecule has 4 nitrogen and oxygen atoms in total. The van der Waals surface area contributed by atoms with Crippen molar-refractivity contribution in [3.63, 3.8) is 0 Å². The fourth-order valence-electron chi connectivity index (χ4n) is 2.13. The van der Waals surface area contributed by atoms with Gasteiger partial charge in [-0.05, 0) is 29.8 Å². The van der Waals surface area contributed by atoms with E-state index in [-0.39, 0.29) is 5.82 Å². The molecular formula is C18H16FNO3. The van der Waals surface area contributed by atoms with Gasteiger partial charge in [-0.25, -0.2) is 4.39 Å². The predicted octanol–water partition coefficient (Wildman–Crippen LogP) is 3.92. The van der Waals surface area contributed by atoms with E-state index in [1.165, 1.54) is 33.5 Å². The van der Waals surface area contributed by atoms with Crippen LogP contribution in [-0.4, -0.2) is 21.3 Å². The van der Waals surface area contributed by atoms with Gasteiger partial charge in [-0.2, -0.15) is 5.26 Å². The van der Waals surface area contributed by atoms with Crippen molar-refractivity contribution in [2.75, 3.05) is 21.3 Å². The molecule has 0 unspecified atom stereocenters. The maximum absolute atomic E-state index is 13.0. The zero-order valence-electron chi connectivity index (χ0n) is 13.1. The van der Waals surface area contributed by atoms with Crippen LogP contribution in [0.5, 0.6) is 17.2 Å². The highest BCUT2D eigenvalue weighted by Gasteiger charge is 2.12. The molecule has 0 aromatic heterocycles. The van der Waals surface area contributed by atoms with Gasteiger partial charge in [0.25, 0.3) is 0 Å². The molecule has 0 heterocycles. The third kappa shape index (κ3) is 3.61. The topological polar surface area (TPSA) is 51.5 Å². The molecule has 0 amide bonds. The Kier molecular flexibility index (Phi) is 5.21. The van der Waals surface area contributed by atoms with Crippen LogP contribution >= 0.6 is 0 Å². The Morgan fingerprint density at radius 2 is 1.52 bits per heavy atom. The van der Waals surface area contributed by atoms with Crippen LogP contribution < -0.4 is 14.2 Å². The van der Waals surface area contributed by atoms with E-state index >= 15 is 0 Å². The van der Waals surface area contributed by atoms with Crippen LogP contribution in [0.25, 0.3) is 11.6 Å². The number of halogens is 1. The smallest absolute Gasteiger partial charge is 0.164 e. The maximum Gasteiger partial charge on any atom is 0.164 e. The summed E-state index contributed by atoms with van der Waals surface area (Å²) in [7, 11) is 4.59. The maximum atomic E-state index is 13.0. The molecule has 5 heteroatoms. The van der Waals surface area contributed by atoms with Crippen molar-refractivity contribution in [2.45, 2.75) is 0 Å². The van der Waals surface area contributed by atoms with E-state index in [9.17, 15) is 9.65 Å². The molecule has 0 saturated carbocycles. The van der Waals surface area contributed by atoms with Crippen molar-refractivity contribution in [1.29, 1.82) is 5.26 Å². The van der Waals surface area contributed by atoms with Gasteiger partial charge in [0.2, 0.25) is 0 Å². The SMILES string of the molecule is COc1cc(OC)c(OC)cc1C=C(C#N)c1ccc(F)cc1. The Bertz CT molecular complexity index is 761. The van der Waals surface area contributed by atoms with Crippen molar-refractivity contribution in [3.05, 3.63) is 53.3 Å². The van der Waals surface area contributed by atoms with Crippen LogP contribution in [0, 0.1) is 17.1 Å². The molecule has 0 bridgehead atoms. The normalized spacial score (nSPS) is 10.8. The molecule has 0 spiro atoms. The molecule has 2 rings (SSSR count). The first-order chi connectivity index (χ1) is 11.1. The first kappa shape index (κ1) is 16.4. The van der Waals surface area contributed by atoms with E-state index in [4.69, 9.17) is 14.2 Å². The van der Waals surface area contributed by atoms with Gasteiger partial charge >= 0.3 is 0 Å². The fraction of sp³-hybridized carbons (Fsp3) is 0.167. The number of benzene rings is 2. The second-order valence-corrected chi connectivity index (χ2v) is 4.63. The highest BCUT2D eigenvalue weighted by Crippen LogP contribution is 2.36. The molecule has 2 aromatic rings. The fourth-order valence-corrected chi connectivity index (χ4v) is 2.13. The lowest BCUT2D eigenvalue weighted by Gasteiger charge is -2.12. The van der Waals surface area contributed by atoms with Crippen molar-refractivity contribution in [1.82, 2.24) is 0 Å². The summed E-state index contributed by atoms with van der Waals surface area (Å²) in [6.45, 7) is 0. The molecule has 0 saturated heterocycles. The van der Waals surface area contributed by atoms with Crippen LogP contribution in [0.3, 0.4) is 0 Å². The summed E-state index contributed by atoms with van der Waals surface area (Å²) in [4.78, 5) is 0. The quantitative estimate of drug-likeness (QED) is 0.620. The summed E-state index contributed by atoms with van der Waals surface area (Å²) in [5, 5.41) is 9.39. The summed E-state index contributed by atoms with van der Waals surface area (Å²) < 4.78 is 28.9. The van der Waals surface area contributed by atoms with Gasteiger partial charge in [0.15, 0.2) is 11.5 Å². The number of hydrogen-bond acceptors (Lipinski definition) is 4. The highest BCUT2D eigenvalue weighted by atomic mass is 19.1. The summed E-state index contributed by atoms with van der Waals surface area (Å²) in [6.07, 6.45) is 1.66. The molecule has 0 aliphatic carbocycles. The second-order valence-electron chi connectivity index (χ2n) is 4.63. The Balaban J connectivity index is 2.55. The van der Waals surface area contributed by atoms with Crippen LogP contribution in [0.4, 0.5) is 4.39 Å². The minimum Gasteiger partial charge on any atom is -0.496 e. The first-order valence-electron chi connectivity index (χ1n) is 6.80. The highest BCUT2D eigenvalue weighted by molar-refractivity contribution is 5.91. The van der Waals surface area contributed by atoms with Crippen LogP contribution in [-0.2, 0) is 0 Å². The minimum atomic E-state index is -0.352. The van der Waals surface area contributed by atoms with Crippen LogP contribution in [0.15, 0.2) is 36.4 Å². The Morgan fingerprint density at radius 3 is 2.04 bits per heavy atom. The Hall–Kier alpha value is -3.00. The lowest BCUT2D eigenvalue weighted by Crippen LogP contribution is -1.95. The molecule has 0 fully saturated rings. The van der Waals surface area contributed by atoms with E-state index in [0.29, 0.717) is 33.9 Å². The standard InChI is InChI=1S/C18H16FNO3/c1-21-16-10-18(23-3)17(22-2)9-13(16)8-14(11-20)12-4-6-15(19)7-5-12/h4-10H,1-3H3. The summed E-state index contributed by atoms with van der Waals surface area (Å²) in [5.74, 6) is 1.24. The van der Waals surface area contributed by atoms with Crippen LogP contribution in [0.2, 0.25) is 0 Å². The van der Waals surface area contributed by atoms with E-state index < -0.39 is 0 Å². The average molecular weight is 313 g/mol. The average Bonchev–Trinajstić information content (AvgIpc) is 2.59. The molecule has 118 valence electrons. The lowest BCUT2D eigenvalue weighted by molar-refractivity contribution is 0.348. The van der Waals surface area contributed by atoms with E-state index in [1.807, 2.05) is 0 Å². The number of ether oxygens (including phenoxy) is 3. The second kappa shape index (κ2) is 7.32. The number of hydrogen-bond donors (Lipinski definition) is 0. The molecule has 0 atom stereocenters. The summed E-state index contributed by atoms with van der Waals surface area (Å²) in [6, 6.07) is 11.3. The Labute approximate surface area is 134 Å². The number of rotatable bonds is 5. The van der Waals surface area contributed by atoms with Gasteiger partial charge in [-0.15, -0.1) is 0 Å². The van der Waals surface area contributed by atoms with E-state index in [0.717, 1.165) is 0 Å². The number of nitrogens with zero attached hydrogens (tertiary/aromatic N) is 1. The molecule has 0 aliphatic rings. The zero-order valence-corrected chi connectivity index (χ0v) is 13.1. The van der Waals surface area contributed by atoms with E-state index in [2.05, 4.69) is 6.07 Å². The predicted molar refractivity (Wildman–Crippen MR) is 86.0 cm³/mol. The molecule has 2 aromatic carbocycles. The Morgan fingerprint density at radius 1 is 0.957 bits per heavy atom. The minimum absolute atomic E-state index is 0.352. The lowest BCUT2D eigenvalue weighted by atomic mass is 10.0. The first-order valence-corrected chi connectivity index (χ1v) is 6.80. The number of methoxy groups -OCH3 is 3. The third-order valence-electron chi connectivity index (χ3n) is 3.31. The molecule has 0 aliphatic heterocycles. The van der Waals surface area contributed by atoms with Gasteiger partial charge in [0.1, 0.15) is 11.6 Å². The van der Waals surface area contributed by atoms with Crippen molar-refractivity contribution in [3.8, 4) is 23.3 Å². The van der Waals surface area contributed by atoms with E-state index in [1.54, 1.807) is 30.3 Å². The zero-order chi connectivity index (χ0) is 16.8. The molecule has 0 N–H and O–H groups in total. The summed E-state index contributed by atoms with van der Waals surface area (Å²) in [5.41, 5.74) is 1.66. The molecule has 23 heavy (non-hydrogen) atoms. The van der Waals surface area contributed by atoms with Crippen molar-refractivity contribution < 1.29 is 18.6 Å². The van der Waals surface area contributed by atoms with Crippen molar-refractivity contribution >= 4 is 11.6 Å². The van der Waals surface area contributed by atoms with Gasteiger partial charge in [-0.3, -0.25) is 0 Å². The van der Waals surface area contributed by atoms with Gasteiger partial charge in [0.05, 0.1) is 33.0 Å². The van der Waals surface area contributed by atoms with Gasteiger partial charge < -0.3 is 14.2 Å². The number of nitriles is 1. The van der Waals surface area contributed by atoms with Crippen molar-refractivity contribution in [2.24, 2.45) is 0 Å². The molecular weight excluding hydrogens is 297 g/mol. The molecule has 0 radical (unpaired) electrons.